The fourth-order valence-corrected chi connectivity index (χ4v) is 4.41. The highest BCUT2D eigenvalue weighted by Gasteiger charge is 2.14. The Morgan fingerprint density at radius 3 is 2.50 bits per heavy atom. The number of hydrogen-bond acceptors (Lipinski definition) is 6. The highest BCUT2D eigenvalue weighted by atomic mass is 32.2. The van der Waals surface area contributed by atoms with Gasteiger partial charge in [0, 0.05) is 12.2 Å². The van der Waals surface area contributed by atoms with Crippen molar-refractivity contribution in [2.24, 2.45) is 0 Å². The van der Waals surface area contributed by atoms with Gasteiger partial charge in [-0.3, -0.25) is 9.62 Å². The summed E-state index contributed by atoms with van der Waals surface area (Å²) in [7, 11) is -1.59. The fraction of sp³-hybridized carbons (Fsp3) is 0.222. The summed E-state index contributed by atoms with van der Waals surface area (Å²) < 4.78 is 27.5. The lowest BCUT2D eigenvalue weighted by atomic mass is 10.2. The molecule has 1 N–H and O–H groups in total. The first-order valence-electron chi connectivity index (χ1n) is 8.07. The van der Waals surface area contributed by atoms with Gasteiger partial charge >= 0.3 is 0 Å². The van der Waals surface area contributed by atoms with E-state index in [4.69, 9.17) is 0 Å². The zero-order valence-electron chi connectivity index (χ0n) is 14.6. The average Bonchev–Trinajstić information content (AvgIpc) is 3.00. The zero-order chi connectivity index (χ0) is 18.6. The largest absolute Gasteiger partial charge is 0.295 e. The molecule has 26 heavy (non-hydrogen) atoms. The molecule has 0 fully saturated rings. The molecule has 2 aromatic carbocycles. The van der Waals surface area contributed by atoms with Gasteiger partial charge in [-0.15, -0.1) is 21.5 Å². The molecule has 0 saturated carbocycles. The van der Waals surface area contributed by atoms with E-state index in [0.717, 1.165) is 15.6 Å². The first-order chi connectivity index (χ1) is 12.4. The number of anilines is 1. The van der Waals surface area contributed by atoms with Crippen LogP contribution in [0.25, 0.3) is 0 Å². The molecule has 0 aliphatic carbocycles. The Morgan fingerprint density at radius 2 is 1.81 bits per heavy atom. The molecule has 1 aromatic heterocycles. The first-order valence-corrected chi connectivity index (χ1v) is 10.4. The van der Waals surface area contributed by atoms with Gasteiger partial charge in [0.2, 0.25) is 0 Å². The molecule has 0 unspecified atom stereocenters. The van der Waals surface area contributed by atoms with Crippen LogP contribution in [0, 0.1) is 6.92 Å². The molecule has 0 saturated heterocycles. The van der Waals surface area contributed by atoms with Crippen LogP contribution >= 0.6 is 11.3 Å². The molecule has 0 spiro atoms. The van der Waals surface area contributed by atoms with E-state index >= 15 is 0 Å². The molecule has 3 rings (SSSR count). The molecule has 3 aromatic rings. The maximum Gasteiger partial charge on any atom is 0.261 e. The van der Waals surface area contributed by atoms with Crippen LogP contribution in [0.15, 0.2) is 59.5 Å². The van der Waals surface area contributed by atoms with Crippen molar-refractivity contribution in [1.29, 1.82) is 0 Å². The summed E-state index contributed by atoms with van der Waals surface area (Å²) in [5.41, 5.74) is 1.56. The third kappa shape index (κ3) is 4.87. The second-order valence-corrected chi connectivity index (χ2v) is 8.95. The molecule has 136 valence electrons. The summed E-state index contributed by atoms with van der Waals surface area (Å²) in [4.78, 5) is 2.36. The minimum Gasteiger partial charge on any atom is -0.295 e. The van der Waals surface area contributed by atoms with Gasteiger partial charge in [-0.2, -0.15) is 0 Å². The topological polar surface area (TPSA) is 75.2 Å². The van der Waals surface area contributed by atoms with Crippen LogP contribution in [-0.2, 0) is 23.1 Å². The minimum atomic E-state index is -3.58. The summed E-state index contributed by atoms with van der Waals surface area (Å²) in [6.45, 7) is 3.31. The number of benzene rings is 2. The molecule has 0 atom stereocenters. The van der Waals surface area contributed by atoms with Crippen molar-refractivity contribution in [3.8, 4) is 0 Å². The van der Waals surface area contributed by atoms with E-state index in [1.807, 2.05) is 32.2 Å². The summed E-state index contributed by atoms with van der Waals surface area (Å²) >= 11 is 1.58. The number of nitrogens with one attached hydrogen (secondary N) is 1. The summed E-state index contributed by atoms with van der Waals surface area (Å²) in [6.07, 6.45) is 0. The zero-order valence-corrected chi connectivity index (χ0v) is 16.2. The van der Waals surface area contributed by atoms with E-state index in [-0.39, 0.29) is 4.90 Å². The molecule has 0 amide bonds. The maximum atomic E-state index is 12.4. The van der Waals surface area contributed by atoms with Gasteiger partial charge in [-0.1, -0.05) is 30.3 Å². The van der Waals surface area contributed by atoms with Crippen molar-refractivity contribution in [3.63, 3.8) is 0 Å². The van der Waals surface area contributed by atoms with Crippen LogP contribution in [0.4, 0.5) is 5.69 Å². The number of sulfonamides is 1. The molecular formula is C18H20N4O2S2. The van der Waals surface area contributed by atoms with Crippen LogP contribution < -0.4 is 4.72 Å². The lowest BCUT2D eigenvalue weighted by molar-refractivity contribution is 0.318. The van der Waals surface area contributed by atoms with Gasteiger partial charge in [0.25, 0.3) is 10.0 Å². The maximum absolute atomic E-state index is 12.4. The number of rotatable bonds is 7. The number of aromatic nitrogens is 2. The molecule has 0 aliphatic heterocycles. The Bertz CT molecular complexity index is 972. The van der Waals surface area contributed by atoms with E-state index in [1.165, 1.54) is 0 Å². The third-order valence-corrected chi connectivity index (χ3v) is 5.88. The van der Waals surface area contributed by atoms with Crippen LogP contribution in [0.3, 0.4) is 0 Å². The molecule has 0 aliphatic rings. The van der Waals surface area contributed by atoms with Gasteiger partial charge in [0.15, 0.2) is 0 Å². The predicted octanol–water partition coefficient (Wildman–Crippen LogP) is 3.28. The molecule has 0 radical (unpaired) electrons. The summed E-state index contributed by atoms with van der Waals surface area (Å²) in [5.74, 6) is 0. The van der Waals surface area contributed by atoms with Gasteiger partial charge in [0.05, 0.1) is 11.4 Å². The normalized spacial score (nSPS) is 11.7. The molecule has 8 heteroatoms. The standard InChI is InChI=1S/C18H20N4O2S2/c1-14-19-20-18(25-14)13-22(2)12-15-7-6-8-16(11-15)21-26(23,24)17-9-4-3-5-10-17/h3-11,21H,12-13H2,1-2H3. The lowest BCUT2D eigenvalue weighted by Gasteiger charge is -2.16. The predicted molar refractivity (Wildman–Crippen MR) is 104 cm³/mol. The van der Waals surface area contributed by atoms with Gasteiger partial charge in [-0.05, 0) is 43.8 Å². The van der Waals surface area contributed by atoms with Crippen molar-refractivity contribution in [1.82, 2.24) is 15.1 Å². The lowest BCUT2D eigenvalue weighted by Crippen LogP contribution is -2.17. The summed E-state index contributed by atoms with van der Waals surface area (Å²) in [6, 6.07) is 15.8. The first kappa shape index (κ1) is 18.5. The summed E-state index contributed by atoms with van der Waals surface area (Å²) in [5, 5.41) is 10.1. The SMILES string of the molecule is Cc1nnc(CN(C)Cc2cccc(NS(=O)(=O)c3ccccc3)c2)s1. The highest BCUT2D eigenvalue weighted by molar-refractivity contribution is 7.92. The number of nitrogens with zero attached hydrogens (tertiary/aromatic N) is 3. The van der Waals surface area contributed by atoms with Crippen LogP contribution in [-0.4, -0.2) is 30.6 Å². The third-order valence-electron chi connectivity index (χ3n) is 3.66. The van der Waals surface area contributed by atoms with Crippen molar-refractivity contribution in [3.05, 3.63) is 70.2 Å². The monoisotopic (exact) mass is 388 g/mol. The van der Waals surface area contributed by atoms with E-state index in [9.17, 15) is 8.42 Å². The van der Waals surface area contributed by atoms with Crippen molar-refractivity contribution >= 4 is 27.0 Å². The van der Waals surface area contributed by atoms with Crippen LogP contribution in [0.1, 0.15) is 15.6 Å². The van der Waals surface area contributed by atoms with Crippen molar-refractivity contribution in [2.45, 2.75) is 24.9 Å². The van der Waals surface area contributed by atoms with E-state index < -0.39 is 10.0 Å². The van der Waals surface area contributed by atoms with E-state index in [0.29, 0.717) is 18.8 Å². The quantitative estimate of drug-likeness (QED) is 0.672. The fourth-order valence-electron chi connectivity index (χ4n) is 2.55. The second kappa shape index (κ2) is 7.94. The average molecular weight is 389 g/mol. The Hall–Kier alpha value is -2.29. The number of aryl methyl sites for hydroxylation is 1. The molecule has 1 heterocycles. The molecule has 6 nitrogen and oxygen atoms in total. The highest BCUT2D eigenvalue weighted by Crippen LogP contribution is 2.18. The minimum absolute atomic E-state index is 0.245. The van der Waals surface area contributed by atoms with Crippen molar-refractivity contribution in [2.75, 3.05) is 11.8 Å². The second-order valence-electron chi connectivity index (χ2n) is 6.01. The van der Waals surface area contributed by atoms with Gasteiger partial charge in [0.1, 0.15) is 10.0 Å². The Labute approximate surface area is 157 Å². The molecular weight excluding hydrogens is 368 g/mol. The Balaban J connectivity index is 1.68. The van der Waals surface area contributed by atoms with E-state index in [1.54, 1.807) is 47.7 Å². The Kier molecular flexibility index (Phi) is 5.65. The van der Waals surface area contributed by atoms with Crippen molar-refractivity contribution < 1.29 is 8.42 Å². The van der Waals surface area contributed by atoms with Gasteiger partial charge < -0.3 is 0 Å². The molecule has 0 bridgehead atoms. The number of hydrogen-bond donors (Lipinski definition) is 1. The smallest absolute Gasteiger partial charge is 0.261 e. The van der Waals surface area contributed by atoms with Crippen LogP contribution in [0.2, 0.25) is 0 Å². The Morgan fingerprint density at radius 1 is 1.04 bits per heavy atom. The van der Waals surface area contributed by atoms with Gasteiger partial charge in [-0.25, -0.2) is 8.42 Å². The van der Waals surface area contributed by atoms with E-state index in [2.05, 4.69) is 19.8 Å². The van der Waals surface area contributed by atoms with Crippen LogP contribution in [0.5, 0.6) is 0 Å².